The maximum absolute atomic E-state index is 12.6. The molecule has 1 aliphatic heterocycles. The minimum Gasteiger partial charge on any atom is -0.497 e. The molecule has 2 aliphatic rings. The molecule has 4 rings (SSSR count). The van der Waals surface area contributed by atoms with E-state index in [1.807, 2.05) is 42.5 Å². The van der Waals surface area contributed by atoms with Crippen molar-refractivity contribution >= 4 is 11.8 Å². The lowest BCUT2D eigenvalue weighted by molar-refractivity contribution is -0.123. The Balaban J connectivity index is 1.23. The van der Waals surface area contributed by atoms with E-state index in [9.17, 15) is 9.59 Å². The third-order valence-corrected chi connectivity index (χ3v) is 7.13. The number of hydrogen-bond donors (Lipinski definition) is 2. The van der Waals surface area contributed by atoms with Crippen LogP contribution in [0.3, 0.4) is 0 Å². The van der Waals surface area contributed by atoms with Crippen molar-refractivity contribution in [3.05, 3.63) is 65.7 Å². The number of carbonyl (C=O) groups is 2. The molecule has 0 radical (unpaired) electrons. The third-order valence-electron chi connectivity index (χ3n) is 7.13. The zero-order valence-electron chi connectivity index (χ0n) is 20.2. The first-order chi connectivity index (χ1) is 16.6. The molecule has 0 spiro atoms. The summed E-state index contributed by atoms with van der Waals surface area (Å²) in [4.78, 5) is 27.5. The van der Waals surface area contributed by atoms with E-state index < -0.39 is 0 Å². The van der Waals surface area contributed by atoms with Crippen LogP contribution in [0.2, 0.25) is 0 Å². The molecule has 1 saturated heterocycles. The molecule has 2 fully saturated rings. The molecular formula is C28H37N3O3. The quantitative estimate of drug-likeness (QED) is 0.531. The summed E-state index contributed by atoms with van der Waals surface area (Å²) in [5.41, 5.74) is 2.14. The minimum atomic E-state index is 0.0255. The van der Waals surface area contributed by atoms with E-state index >= 15 is 0 Å². The highest BCUT2D eigenvalue weighted by Crippen LogP contribution is 2.29. The van der Waals surface area contributed by atoms with Crippen molar-refractivity contribution in [2.75, 3.05) is 26.7 Å². The van der Waals surface area contributed by atoms with Crippen molar-refractivity contribution in [1.29, 1.82) is 0 Å². The van der Waals surface area contributed by atoms with Crippen LogP contribution >= 0.6 is 0 Å². The fourth-order valence-corrected chi connectivity index (χ4v) is 4.89. The molecule has 1 saturated carbocycles. The van der Waals surface area contributed by atoms with Crippen molar-refractivity contribution in [3.63, 3.8) is 0 Å². The molecule has 2 N–H and O–H groups in total. The fourth-order valence-electron chi connectivity index (χ4n) is 4.89. The first-order valence-corrected chi connectivity index (χ1v) is 12.6. The highest BCUT2D eigenvalue weighted by atomic mass is 16.5. The zero-order chi connectivity index (χ0) is 23.8. The molecule has 1 heterocycles. The summed E-state index contributed by atoms with van der Waals surface area (Å²) < 4.78 is 5.18. The lowest BCUT2D eigenvalue weighted by Gasteiger charge is -2.27. The Hall–Kier alpha value is -2.86. The van der Waals surface area contributed by atoms with Gasteiger partial charge in [0, 0.05) is 32.1 Å². The molecule has 0 aromatic heterocycles. The predicted octanol–water partition coefficient (Wildman–Crippen LogP) is 3.87. The van der Waals surface area contributed by atoms with Gasteiger partial charge in [-0.2, -0.15) is 0 Å². The van der Waals surface area contributed by atoms with Gasteiger partial charge in [-0.25, -0.2) is 0 Å². The van der Waals surface area contributed by atoms with E-state index in [0.29, 0.717) is 18.8 Å². The van der Waals surface area contributed by atoms with Gasteiger partial charge in [0.2, 0.25) is 11.8 Å². The number of nitrogens with one attached hydrogen (secondary N) is 2. The monoisotopic (exact) mass is 463 g/mol. The van der Waals surface area contributed by atoms with Crippen LogP contribution in [0, 0.1) is 5.92 Å². The van der Waals surface area contributed by atoms with Crippen molar-refractivity contribution in [1.82, 2.24) is 15.5 Å². The second kappa shape index (κ2) is 12.0. The molecule has 2 aromatic carbocycles. The topological polar surface area (TPSA) is 70.7 Å². The van der Waals surface area contributed by atoms with Gasteiger partial charge in [0.15, 0.2) is 0 Å². The van der Waals surface area contributed by atoms with Gasteiger partial charge in [-0.15, -0.1) is 0 Å². The maximum atomic E-state index is 12.6. The molecule has 1 aliphatic carbocycles. The van der Waals surface area contributed by atoms with Gasteiger partial charge < -0.3 is 20.3 Å². The van der Waals surface area contributed by atoms with Gasteiger partial charge in [0.25, 0.3) is 0 Å². The normalized spacial score (nSPS) is 19.3. The number of benzene rings is 2. The van der Waals surface area contributed by atoms with E-state index in [1.165, 1.54) is 19.3 Å². The summed E-state index contributed by atoms with van der Waals surface area (Å²) in [5, 5.41) is 6.48. The molecule has 34 heavy (non-hydrogen) atoms. The molecule has 6 heteroatoms. The van der Waals surface area contributed by atoms with Gasteiger partial charge in [-0.05, 0) is 54.9 Å². The SMILES string of the molecule is COc1ccc(CC(=O)N[C@@H]2CCN(CC[C@H](NC(=O)CC3CCC3)c3ccccc3)C2)cc1. The molecule has 0 unspecified atom stereocenters. The number of methoxy groups -OCH3 is 1. The molecule has 2 amide bonds. The zero-order valence-corrected chi connectivity index (χ0v) is 20.2. The predicted molar refractivity (Wildman–Crippen MR) is 134 cm³/mol. The lowest BCUT2D eigenvalue weighted by Crippen LogP contribution is -2.38. The number of amides is 2. The van der Waals surface area contributed by atoms with E-state index in [4.69, 9.17) is 4.74 Å². The Morgan fingerprint density at radius 3 is 2.47 bits per heavy atom. The third kappa shape index (κ3) is 7.07. The van der Waals surface area contributed by atoms with Crippen molar-refractivity contribution < 1.29 is 14.3 Å². The second-order valence-corrected chi connectivity index (χ2v) is 9.70. The Morgan fingerprint density at radius 1 is 1.03 bits per heavy atom. The van der Waals surface area contributed by atoms with Crippen LogP contribution in [0.25, 0.3) is 0 Å². The Labute approximate surface area is 203 Å². The van der Waals surface area contributed by atoms with Crippen molar-refractivity contribution in [2.24, 2.45) is 5.92 Å². The molecule has 2 aromatic rings. The summed E-state index contributed by atoms with van der Waals surface area (Å²) in [6.45, 7) is 2.71. The van der Waals surface area contributed by atoms with Gasteiger partial charge in [-0.1, -0.05) is 48.9 Å². The smallest absolute Gasteiger partial charge is 0.224 e. The van der Waals surface area contributed by atoms with Crippen LogP contribution in [0.1, 0.15) is 55.7 Å². The molecular weight excluding hydrogens is 426 g/mol. The first-order valence-electron chi connectivity index (χ1n) is 12.6. The van der Waals surface area contributed by atoms with Crippen LogP contribution < -0.4 is 15.4 Å². The van der Waals surface area contributed by atoms with Crippen LogP contribution in [-0.4, -0.2) is 49.5 Å². The number of carbonyl (C=O) groups excluding carboxylic acids is 2. The van der Waals surface area contributed by atoms with Gasteiger partial charge in [0.05, 0.1) is 19.6 Å². The largest absolute Gasteiger partial charge is 0.497 e. The van der Waals surface area contributed by atoms with Crippen molar-refractivity contribution in [2.45, 2.75) is 57.0 Å². The summed E-state index contributed by atoms with van der Waals surface area (Å²) in [6, 6.07) is 18.1. The van der Waals surface area contributed by atoms with Crippen LogP contribution in [-0.2, 0) is 16.0 Å². The Bertz CT molecular complexity index is 928. The number of rotatable bonds is 11. The van der Waals surface area contributed by atoms with E-state index in [-0.39, 0.29) is 23.9 Å². The lowest BCUT2D eigenvalue weighted by atomic mass is 9.83. The minimum absolute atomic E-state index is 0.0255. The summed E-state index contributed by atoms with van der Waals surface area (Å²) in [6.07, 6.45) is 6.47. The standard InChI is InChI=1S/C28H37N3O3/c1-34-25-12-10-22(11-13-25)19-27(32)29-24-14-16-31(20-24)17-15-26(23-8-3-2-4-9-23)30-28(33)18-21-6-5-7-21/h2-4,8-13,21,24,26H,5-7,14-20H2,1H3,(H,29,32)(H,30,33)/t24-,26+/m1/s1. The number of nitrogens with zero attached hydrogens (tertiary/aromatic N) is 1. The Morgan fingerprint density at radius 2 is 1.79 bits per heavy atom. The summed E-state index contributed by atoms with van der Waals surface area (Å²) in [5.74, 6) is 1.59. The van der Waals surface area contributed by atoms with Crippen LogP contribution in [0.4, 0.5) is 0 Å². The average molecular weight is 464 g/mol. The average Bonchev–Trinajstić information content (AvgIpc) is 3.27. The van der Waals surface area contributed by atoms with E-state index in [2.05, 4.69) is 27.7 Å². The van der Waals surface area contributed by atoms with Crippen LogP contribution in [0.15, 0.2) is 54.6 Å². The Kier molecular flexibility index (Phi) is 8.58. The number of ether oxygens (including phenoxy) is 1. The van der Waals surface area contributed by atoms with Crippen molar-refractivity contribution in [3.8, 4) is 5.75 Å². The summed E-state index contributed by atoms with van der Waals surface area (Å²) >= 11 is 0. The van der Waals surface area contributed by atoms with Gasteiger partial charge >= 0.3 is 0 Å². The van der Waals surface area contributed by atoms with Gasteiger partial charge in [0.1, 0.15) is 5.75 Å². The summed E-state index contributed by atoms with van der Waals surface area (Å²) in [7, 11) is 1.64. The molecule has 6 nitrogen and oxygen atoms in total. The number of likely N-dealkylation sites (tertiary alicyclic amines) is 1. The maximum Gasteiger partial charge on any atom is 0.224 e. The molecule has 182 valence electrons. The number of hydrogen-bond acceptors (Lipinski definition) is 4. The first kappa shape index (κ1) is 24.3. The highest BCUT2D eigenvalue weighted by Gasteiger charge is 2.26. The van der Waals surface area contributed by atoms with E-state index in [1.54, 1.807) is 7.11 Å². The molecule has 0 bridgehead atoms. The highest BCUT2D eigenvalue weighted by molar-refractivity contribution is 5.79. The van der Waals surface area contributed by atoms with E-state index in [0.717, 1.165) is 49.4 Å². The van der Waals surface area contributed by atoms with Gasteiger partial charge in [-0.3, -0.25) is 9.59 Å². The molecule has 2 atom stereocenters. The second-order valence-electron chi connectivity index (χ2n) is 9.70. The van der Waals surface area contributed by atoms with Crippen LogP contribution in [0.5, 0.6) is 5.75 Å². The fraction of sp³-hybridized carbons (Fsp3) is 0.500.